The van der Waals surface area contributed by atoms with Crippen LogP contribution in [0.25, 0.3) is 22.8 Å². The second-order valence-electron chi connectivity index (χ2n) is 11.5. The average Bonchev–Trinajstić information content (AvgIpc) is 3.54. The first-order valence-corrected chi connectivity index (χ1v) is 15.8. The Labute approximate surface area is 273 Å². The van der Waals surface area contributed by atoms with Crippen LogP contribution in [0.5, 0.6) is 5.75 Å². The average molecular weight is 622 g/mol. The number of aromatic nitrogens is 4. The summed E-state index contributed by atoms with van der Waals surface area (Å²) in [6.45, 7) is 0.336. The Morgan fingerprint density at radius 3 is 2.00 bits per heavy atom. The molecule has 8 heteroatoms. The van der Waals surface area contributed by atoms with Crippen LogP contribution in [-0.4, -0.2) is 51.0 Å². The summed E-state index contributed by atoms with van der Waals surface area (Å²) < 4.78 is 7.40. The number of hydrogen-bond donors (Lipinski definition) is 2. The maximum absolute atomic E-state index is 13.9. The van der Waals surface area contributed by atoms with E-state index in [1.54, 1.807) is 7.11 Å². The third-order valence-corrected chi connectivity index (χ3v) is 8.79. The van der Waals surface area contributed by atoms with E-state index in [0.717, 1.165) is 50.5 Å². The fourth-order valence-electron chi connectivity index (χ4n) is 6.56. The molecule has 0 bridgehead atoms. The lowest BCUT2D eigenvalue weighted by molar-refractivity contribution is 0.0944. The molecule has 0 atom stereocenters. The number of aliphatic hydroxyl groups is 1. The summed E-state index contributed by atoms with van der Waals surface area (Å²) in [5.74, 6) is 1.05. The summed E-state index contributed by atoms with van der Waals surface area (Å²) in [6.07, 6.45) is 3.63. The van der Waals surface area contributed by atoms with Crippen LogP contribution in [0.3, 0.4) is 0 Å². The van der Waals surface area contributed by atoms with Gasteiger partial charge < -0.3 is 15.2 Å². The van der Waals surface area contributed by atoms with E-state index in [4.69, 9.17) is 19.8 Å². The highest BCUT2D eigenvalue weighted by Crippen LogP contribution is 2.46. The molecule has 1 aliphatic rings. The lowest BCUT2D eigenvalue weighted by Crippen LogP contribution is -2.39. The van der Waals surface area contributed by atoms with E-state index >= 15 is 0 Å². The fraction of sp³-hybridized carbons (Fsp3) is 0.179. The summed E-state index contributed by atoms with van der Waals surface area (Å²) >= 11 is 0. The minimum atomic E-state index is -0.961. The molecular formula is C39H35N5O3. The van der Waals surface area contributed by atoms with Crippen molar-refractivity contribution in [1.82, 2.24) is 25.1 Å². The SMILES string of the molecule is COc1ccc(-c2ncc3c(n2)-c2c(c(C(=O)NCCCO)nn2C(c2ccccc2)(c2ccccc2)c2ccccc2)CC3)cc1. The number of carbonyl (C=O) groups is 1. The third kappa shape index (κ3) is 5.36. The lowest BCUT2D eigenvalue weighted by atomic mass is 9.76. The fourth-order valence-corrected chi connectivity index (χ4v) is 6.56. The highest BCUT2D eigenvalue weighted by molar-refractivity contribution is 5.96. The van der Waals surface area contributed by atoms with Gasteiger partial charge in [0, 0.05) is 30.5 Å². The second-order valence-corrected chi connectivity index (χ2v) is 11.5. The first-order valence-electron chi connectivity index (χ1n) is 15.8. The number of nitrogens with zero attached hydrogens (tertiary/aromatic N) is 4. The summed E-state index contributed by atoms with van der Waals surface area (Å²) in [7, 11) is 1.64. The molecule has 8 nitrogen and oxygen atoms in total. The van der Waals surface area contributed by atoms with Crippen LogP contribution in [0.15, 0.2) is 121 Å². The van der Waals surface area contributed by atoms with Gasteiger partial charge in [-0.25, -0.2) is 14.6 Å². The van der Waals surface area contributed by atoms with E-state index in [0.29, 0.717) is 37.3 Å². The quantitative estimate of drug-likeness (QED) is 0.142. The number of rotatable bonds is 10. The molecule has 1 amide bonds. The zero-order valence-corrected chi connectivity index (χ0v) is 26.1. The van der Waals surface area contributed by atoms with Crippen molar-refractivity contribution in [2.45, 2.75) is 24.8 Å². The minimum absolute atomic E-state index is 0.00953. The van der Waals surface area contributed by atoms with Crippen molar-refractivity contribution in [3.8, 4) is 28.5 Å². The number of amides is 1. The molecule has 0 unspecified atom stereocenters. The van der Waals surface area contributed by atoms with Crippen LogP contribution < -0.4 is 10.1 Å². The summed E-state index contributed by atoms with van der Waals surface area (Å²) in [5, 5.41) is 17.6. The van der Waals surface area contributed by atoms with Crippen molar-refractivity contribution in [2.24, 2.45) is 0 Å². The van der Waals surface area contributed by atoms with Crippen molar-refractivity contribution in [3.05, 3.63) is 155 Å². The smallest absolute Gasteiger partial charge is 0.272 e. The summed E-state index contributed by atoms with van der Waals surface area (Å²) in [5.41, 5.74) is 6.60. The van der Waals surface area contributed by atoms with Gasteiger partial charge in [0.05, 0.1) is 18.5 Å². The van der Waals surface area contributed by atoms with E-state index in [1.165, 1.54) is 0 Å². The Morgan fingerprint density at radius 1 is 0.851 bits per heavy atom. The van der Waals surface area contributed by atoms with Gasteiger partial charge in [0.2, 0.25) is 0 Å². The molecule has 6 aromatic rings. The molecule has 0 radical (unpaired) electrons. The first-order chi connectivity index (χ1) is 23.1. The van der Waals surface area contributed by atoms with E-state index in [1.807, 2.05) is 89.7 Å². The highest BCUT2D eigenvalue weighted by atomic mass is 16.5. The van der Waals surface area contributed by atoms with Crippen LogP contribution in [0.2, 0.25) is 0 Å². The molecule has 234 valence electrons. The van der Waals surface area contributed by atoms with Crippen LogP contribution in [0, 0.1) is 0 Å². The third-order valence-electron chi connectivity index (χ3n) is 8.79. The van der Waals surface area contributed by atoms with Crippen LogP contribution in [0.4, 0.5) is 0 Å². The van der Waals surface area contributed by atoms with Gasteiger partial charge in [0.25, 0.3) is 5.91 Å². The Hall–Kier alpha value is -5.60. The van der Waals surface area contributed by atoms with Gasteiger partial charge in [-0.05, 0) is 65.8 Å². The van der Waals surface area contributed by atoms with Crippen molar-refractivity contribution < 1.29 is 14.6 Å². The molecule has 4 aromatic carbocycles. The molecule has 2 heterocycles. The molecule has 2 aromatic heterocycles. The standard InChI is InChI=1S/C39H35N5O3/c1-47-32-21-18-27(19-22-32)37-41-26-28-20-23-33-35(38(46)40-24-11-25-45)43-44(36(33)34(28)42-37)39(29-12-5-2-6-13-29,30-14-7-3-8-15-30)31-16-9-4-10-17-31/h2-10,12-19,21-22,26,45H,11,20,23-25H2,1H3,(H,40,46). The minimum Gasteiger partial charge on any atom is -0.497 e. The largest absolute Gasteiger partial charge is 0.497 e. The number of benzene rings is 4. The maximum Gasteiger partial charge on any atom is 0.272 e. The number of hydrogen-bond acceptors (Lipinski definition) is 6. The topological polar surface area (TPSA) is 102 Å². The van der Waals surface area contributed by atoms with Crippen molar-refractivity contribution in [1.29, 1.82) is 0 Å². The Morgan fingerprint density at radius 2 is 1.45 bits per heavy atom. The monoisotopic (exact) mass is 621 g/mol. The number of nitrogens with one attached hydrogen (secondary N) is 1. The van der Waals surface area contributed by atoms with Crippen LogP contribution in [0.1, 0.15) is 44.7 Å². The van der Waals surface area contributed by atoms with Gasteiger partial charge in [-0.15, -0.1) is 0 Å². The summed E-state index contributed by atoms with van der Waals surface area (Å²) in [4.78, 5) is 23.9. The normalized spacial score (nSPS) is 12.2. The van der Waals surface area contributed by atoms with Gasteiger partial charge >= 0.3 is 0 Å². The molecule has 0 saturated heterocycles. The maximum atomic E-state index is 13.9. The molecule has 0 saturated carbocycles. The van der Waals surface area contributed by atoms with Crippen LogP contribution in [-0.2, 0) is 18.4 Å². The molecule has 0 spiro atoms. The predicted molar refractivity (Wildman–Crippen MR) is 181 cm³/mol. The van der Waals surface area contributed by atoms with Crippen LogP contribution >= 0.6 is 0 Å². The van der Waals surface area contributed by atoms with Crippen molar-refractivity contribution in [3.63, 3.8) is 0 Å². The number of aryl methyl sites for hydroxylation is 1. The Bertz CT molecular complexity index is 1900. The summed E-state index contributed by atoms with van der Waals surface area (Å²) in [6, 6.07) is 38.6. The lowest BCUT2D eigenvalue weighted by Gasteiger charge is -2.38. The highest BCUT2D eigenvalue weighted by Gasteiger charge is 2.44. The van der Waals surface area contributed by atoms with Gasteiger partial charge in [0.1, 0.15) is 11.3 Å². The van der Waals surface area contributed by atoms with E-state index in [-0.39, 0.29) is 12.5 Å². The number of ether oxygens (including phenoxy) is 1. The molecular weight excluding hydrogens is 586 g/mol. The number of methoxy groups -OCH3 is 1. The number of aliphatic hydroxyl groups excluding tert-OH is 1. The van der Waals surface area contributed by atoms with Gasteiger partial charge in [0.15, 0.2) is 11.5 Å². The first kappa shape index (κ1) is 30.1. The molecule has 47 heavy (non-hydrogen) atoms. The van der Waals surface area contributed by atoms with Crippen molar-refractivity contribution in [2.75, 3.05) is 20.3 Å². The van der Waals surface area contributed by atoms with Gasteiger partial charge in [-0.3, -0.25) is 4.79 Å². The van der Waals surface area contributed by atoms with E-state index < -0.39 is 5.54 Å². The second kappa shape index (κ2) is 13.0. The molecule has 1 aliphatic carbocycles. The molecule has 2 N–H and O–H groups in total. The van der Waals surface area contributed by atoms with Gasteiger partial charge in [-0.2, -0.15) is 5.10 Å². The zero-order valence-electron chi connectivity index (χ0n) is 26.1. The van der Waals surface area contributed by atoms with E-state index in [9.17, 15) is 9.90 Å². The number of carbonyl (C=O) groups excluding carboxylic acids is 1. The zero-order chi connectivity index (χ0) is 32.2. The van der Waals surface area contributed by atoms with E-state index in [2.05, 4.69) is 41.7 Å². The molecule has 7 rings (SSSR count). The van der Waals surface area contributed by atoms with Gasteiger partial charge in [-0.1, -0.05) is 91.0 Å². The number of fused-ring (bicyclic) bond motifs is 3. The molecule has 0 fully saturated rings. The predicted octanol–water partition coefficient (Wildman–Crippen LogP) is 6.07. The molecule has 0 aliphatic heterocycles. The Kier molecular flexibility index (Phi) is 8.33. The van der Waals surface area contributed by atoms with Crippen molar-refractivity contribution >= 4 is 5.91 Å². The Balaban J connectivity index is 1.55.